The smallest absolute Gasteiger partial charge is 0.0806 e. The fourth-order valence-corrected chi connectivity index (χ4v) is 7.79. The Kier molecular flexibility index (Phi) is 12.7. The molecule has 1 nitrogen and oxygen atoms in total. The third-order valence-corrected chi connectivity index (χ3v) is 8.87. The molecule has 1 aromatic carbocycles. The molecule has 36 heavy (non-hydrogen) atoms. The van der Waals surface area contributed by atoms with E-state index in [4.69, 9.17) is 4.98 Å². The topological polar surface area (TPSA) is 12.9 Å². The minimum Gasteiger partial charge on any atom is -0.256 e. The van der Waals surface area contributed by atoms with E-state index >= 15 is 0 Å². The molecule has 0 aliphatic carbocycles. The molecule has 0 N–H and O–H groups in total. The van der Waals surface area contributed by atoms with Gasteiger partial charge in [0.25, 0.3) is 0 Å². The van der Waals surface area contributed by atoms with E-state index in [1.807, 2.05) is 6.20 Å². The van der Waals surface area contributed by atoms with Crippen molar-refractivity contribution in [2.75, 3.05) is 0 Å². The first-order chi connectivity index (χ1) is 16.8. The highest BCUT2D eigenvalue weighted by atomic mass is 14.7. The van der Waals surface area contributed by atoms with E-state index in [2.05, 4.69) is 129 Å². The molecule has 0 unspecified atom stereocenters. The first-order valence-electron chi connectivity index (χ1n) is 14.8. The molecule has 0 spiro atoms. The Hall–Kier alpha value is -0.201. The molecule has 0 fully saturated rings. The summed E-state index contributed by atoms with van der Waals surface area (Å²) in [6.45, 7) is 4.96. The van der Waals surface area contributed by atoms with Gasteiger partial charge in [0, 0.05) is 70.7 Å². The second kappa shape index (κ2) is 14.3. The molecule has 0 saturated carbocycles. The van der Waals surface area contributed by atoms with Crippen LogP contribution in [-0.4, -0.2) is 161 Å². The molecule has 0 amide bonds. The molecule has 1 aromatic heterocycles. The third kappa shape index (κ3) is 7.91. The lowest BCUT2D eigenvalue weighted by molar-refractivity contribution is 1.28. The van der Waals surface area contributed by atoms with Crippen LogP contribution in [0.5, 0.6) is 0 Å². The Morgan fingerprint density at radius 1 is 0.639 bits per heavy atom. The summed E-state index contributed by atoms with van der Waals surface area (Å²) in [4.78, 5) is 4.78. The fourth-order valence-electron chi connectivity index (χ4n) is 7.79. The standard InChI is InChI=1S/C13H35B22N/c1-9-3-4-36-13(7-9)11-5-10(2)6-12(8-11)26(33(28(17)18)29(19)20)34(32(25-14)27(15)16)35(30(21)22)31(23)24/h3-8,25H,14-24H2,1-2H3. The Balaban J connectivity index is 2.91. The van der Waals surface area contributed by atoms with Crippen LogP contribution in [0.1, 0.15) is 11.1 Å². The van der Waals surface area contributed by atoms with E-state index in [1.165, 1.54) is 29.2 Å². The summed E-state index contributed by atoms with van der Waals surface area (Å²) in [6, 6.07) is 11.7. The number of hydrogen-bond acceptors (Lipinski definition) is 1. The predicted octanol–water partition coefficient (Wildman–Crippen LogP) is -12.0. The van der Waals surface area contributed by atoms with Gasteiger partial charge < -0.3 is 0 Å². The molecule has 1 heterocycles. The van der Waals surface area contributed by atoms with Gasteiger partial charge in [-0.1, -0.05) is 23.2 Å². The highest BCUT2D eigenvalue weighted by Crippen LogP contribution is 2.20. The van der Waals surface area contributed by atoms with E-state index in [0.717, 1.165) is 5.69 Å². The molecule has 0 bridgehead atoms. The van der Waals surface area contributed by atoms with Gasteiger partial charge in [-0.25, -0.2) is 0 Å². The number of hydrogen-bond donors (Lipinski definition) is 0. The van der Waals surface area contributed by atoms with E-state index in [1.54, 1.807) is 0 Å². The summed E-state index contributed by atoms with van der Waals surface area (Å²) < 4.78 is 0. The monoisotopic (exact) mass is 447 g/mol. The van der Waals surface area contributed by atoms with Crippen molar-refractivity contribution in [1.29, 1.82) is 0 Å². The maximum absolute atomic E-state index is 4.78. The summed E-state index contributed by atoms with van der Waals surface area (Å²) in [5.41, 5.74) is 6.53. The zero-order valence-electron chi connectivity index (χ0n) is 25.9. The van der Waals surface area contributed by atoms with Gasteiger partial charge in [-0.15, -0.1) is 0 Å². The Morgan fingerprint density at radius 2 is 1.19 bits per heavy atom. The van der Waals surface area contributed by atoms with Crippen LogP contribution in [0.3, 0.4) is 0 Å². The normalized spacial score (nSPS) is 10.1. The van der Waals surface area contributed by atoms with Crippen LogP contribution in [-0.2, 0) is 0 Å². The Labute approximate surface area is 238 Å². The number of aryl methyl sites for hydroxylation is 2. The van der Waals surface area contributed by atoms with Gasteiger partial charge >= 0.3 is 0 Å². The lowest BCUT2D eigenvalue weighted by atomic mass is 8.39. The average molecular weight is 443 g/mol. The SMILES string of the molecule is BBB(B(B)B)B(B(B(B)B)B(B)B)B(B(B(B)B)B(B)B)c1cc(C)cc(-c2cc(C)ccn2)c1. The summed E-state index contributed by atoms with van der Waals surface area (Å²) >= 11 is 0. The molecule has 0 saturated heterocycles. The predicted molar refractivity (Wildman–Crippen MR) is 217 cm³/mol. The van der Waals surface area contributed by atoms with Crippen LogP contribution in [0, 0.1) is 13.8 Å². The van der Waals surface area contributed by atoms with Gasteiger partial charge in [-0.2, -0.15) is 0 Å². The summed E-state index contributed by atoms with van der Waals surface area (Å²) in [5, 5.41) is 0. The maximum Gasteiger partial charge on any atom is 0.0806 e. The van der Waals surface area contributed by atoms with Crippen LogP contribution < -0.4 is 5.46 Å². The maximum atomic E-state index is 4.78. The average Bonchev–Trinajstić information content (AvgIpc) is 2.75. The Bertz CT molecular complexity index is 953. The van der Waals surface area contributed by atoms with Gasteiger partial charge in [-0.05, 0) is 43.2 Å². The Morgan fingerprint density at radius 3 is 1.64 bits per heavy atom. The zero-order chi connectivity index (χ0) is 27.3. The number of aromatic nitrogens is 1. The second-order valence-electron chi connectivity index (χ2n) is 13.4. The van der Waals surface area contributed by atoms with Crippen molar-refractivity contribution in [2.24, 2.45) is 0 Å². The van der Waals surface area contributed by atoms with Gasteiger partial charge in [0.1, 0.15) is 0 Å². The lowest BCUT2D eigenvalue weighted by Gasteiger charge is -2.44. The van der Waals surface area contributed by atoms with Crippen LogP contribution >= 0.6 is 0 Å². The van der Waals surface area contributed by atoms with Gasteiger partial charge in [0.15, 0.2) is 0 Å². The van der Waals surface area contributed by atoms with Gasteiger partial charge in [0.2, 0.25) is 0 Å². The number of pyridine rings is 1. The van der Waals surface area contributed by atoms with Crippen molar-refractivity contribution >= 4 is 162 Å². The molecular formula is C13H35B22N. The van der Waals surface area contributed by atoms with Crippen molar-refractivity contribution < 1.29 is 0 Å². The molecular weight excluding hydrogens is 408 g/mol. The highest BCUT2D eigenvalue weighted by molar-refractivity contribution is 8.18. The van der Waals surface area contributed by atoms with Crippen molar-refractivity contribution in [3.8, 4) is 11.3 Å². The zero-order valence-corrected chi connectivity index (χ0v) is 25.9. The van der Waals surface area contributed by atoms with Crippen molar-refractivity contribution in [2.45, 2.75) is 13.8 Å². The first-order valence-corrected chi connectivity index (χ1v) is 14.8. The number of rotatable bonds is 12. The molecule has 23 heteroatoms. The van der Waals surface area contributed by atoms with Crippen LogP contribution in [0.15, 0.2) is 36.5 Å². The molecule has 0 radical (unpaired) electrons. The van der Waals surface area contributed by atoms with Gasteiger partial charge in [0.05, 0.1) is 97.3 Å². The second-order valence-corrected chi connectivity index (χ2v) is 13.4. The molecule has 0 aliphatic heterocycles. The van der Waals surface area contributed by atoms with Crippen LogP contribution in [0.4, 0.5) is 0 Å². The van der Waals surface area contributed by atoms with E-state index in [-0.39, 0.29) is 0 Å². The van der Waals surface area contributed by atoms with E-state index < -0.39 is 0 Å². The van der Waals surface area contributed by atoms with Gasteiger partial charge in [-0.3, -0.25) is 4.98 Å². The van der Waals surface area contributed by atoms with Crippen LogP contribution in [0.2, 0.25) is 0 Å². The molecule has 2 rings (SSSR count). The number of benzene rings is 1. The fraction of sp³-hybridized carbons (Fsp3) is 0.154. The molecule has 158 valence electrons. The lowest BCUT2D eigenvalue weighted by Crippen LogP contribution is -2.84. The van der Waals surface area contributed by atoms with Crippen molar-refractivity contribution in [3.63, 3.8) is 0 Å². The van der Waals surface area contributed by atoms with E-state index in [0.29, 0.717) is 64.0 Å². The van der Waals surface area contributed by atoms with Crippen molar-refractivity contribution in [1.82, 2.24) is 4.98 Å². The first kappa shape index (κ1) is 32.0. The van der Waals surface area contributed by atoms with E-state index in [9.17, 15) is 0 Å². The molecule has 0 aliphatic rings. The number of nitrogens with zero attached hydrogens (tertiary/aromatic N) is 1. The molecule has 2 aromatic rings. The highest BCUT2D eigenvalue weighted by Gasteiger charge is 2.49. The minimum absolute atomic E-state index is 0.524. The summed E-state index contributed by atoms with van der Waals surface area (Å²) in [5.74, 6) is 0. The van der Waals surface area contributed by atoms with Crippen LogP contribution in [0.25, 0.3) is 11.3 Å². The summed E-state index contributed by atoms with van der Waals surface area (Å²) in [7, 11) is 28.3. The minimum atomic E-state index is 0.524. The van der Waals surface area contributed by atoms with Crippen molar-refractivity contribution in [3.05, 3.63) is 47.7 Å². The third-order valence-electron chi connectivity index (χ3n) is 8.87. The quantitative estimate of drug-likeness (QED) is 0.297. The molecule has 0 atom stereocenters. The largest absolute Gasteiger partial charge is 0.256 e. The summed E-state index contributed by atoms with van der Waals surface area (Å²) in [6.07, 6.45) is 7.86.